The summed E-state index contributed by atoms with van der Waals surface area (Å²) in [7, 11) is 0. The molecule has 4 aliphatic heterocycles. The summed E-state index contributed by atoms with van der Waals surface area (Å²) >= 11 is 0. The van der Waals surface area contributed by atoms with E-state index < -0.39 is 0 Å². The fraction of sp³-hybridized carbons (Fsp3) is 0.938. The van der Waals surface area contributed by atoms with E-state index in [2.05, 4.69) is 4.90 Å². The summed E-state index contributed by atoms with van der Waals surface area (Å²) in [5, 5.41) is 11.3. The molecule has 20 heavy (non-hydrogen) atoms. The van der Waals surface area contributed by atoms with Gasteiger partial charge in [0.1, 0.15) is 18.6 Å². The topological polar surface area (TPSA) is 40.5 Å². The van der Waals surface area contributed by atoms with Crippen molar-refractivity contribution in [2.75, 3.05) is 19.6 Å². The van der Waals surface area contributed by atoms with E-state index in [0.717, 1.165) is 45.3 Å². The first kappa shape index (κ1) is 12.0. The monoisotopic (exact) mass is 277 g/mol. The van der Waals surface area contributed by atoms with Crippen molar-refractivity contribution in [1.82, 2.24) is 4.90 Å². The Labute approximate surface area is 120 Å². The third-order valence-corrected chi connectivity index (χ3v) is 7.59. The van der Waals surface area contributed by atoms with Gasteiger partial charge in [-0.15, -0.1) is 0 Å². The van der Waals surface area contributed by atoms with Gasteiger partial charge in [0.15, 0.2) is 0 Å². The summed E-state index contributed by atoms with van der Waals surface area (Å²) < 4.78 is 0.357. The van der Waals surface area contributed by atoms with E-state index >= 15 is 0 Å². The number of carbonyl (C=O) groups excluding carboxylic acids is 1. The Kier molecular flexibility index (Phi) is 2.04. The van der Waals surface area contributed by atoms with Crippen molar-refractivity contribution in [2.45, 2.75) is 62.9 Å². The highest BCUT2D eigenvalue weighted by Gasteiger charge is 2.87. The summed E-state index contributed by atoms with van der Waals surface area (Å²) in [6.45, 7) is 2.85. The van der Waals surface area contributed by atoms with E-state index in [1.165, 1.54) is 25.7 Å². The summed E-state index contributed by atoms with van der Waals surface area (Å²) in [6, 6.07) is 0.447. The van der Waals surface area contributed by atoms with Crippen LogP contribution < -0.4 is 0 Å². The molecule has 0 radical (unpaired) electrons. The van der Waals surface area contributed by atoms with Crippen LogP contribution in [-0.4, -0.2) is 51.9 Å². The fourth-order valence-corrected chi connectivity index (χ4v) is 6.98. The second-order valence-corrected chi connectivity index (χ2v) is 8.02. The van der Waals surface area contributed by atoms with Gasteiger partial charge in [-0.25, -0.2) is 5.21 Å². The van der Waals surface area contributed by atoms with Crippen LogP contribution in [0.25, 0.3) is 0 Å². The third kappa shape index (κ3) is 1.06. The van der Waals surface area contributed by atoms with Crippen molar-refractivity contribution in [3.8, 4) is 0 Å². The second-order valence-electron chi connectivity index (χ2n) is 8.02. The van der Waals surface area contributed by atoms with Crippen LogP contribution in [0.2, 0.25) is 0 Å². The van der Waals surface area contributed by atoms with Crippen LogP contribution in [0, 0.1) is 11.3 Å². The normalized spacial score (nSPS) is 56.6. The van der Waals surface area contributed by atoms with Gasteiger partial charge in [0, 0.05) is 44.2 Å². The number of hydrogen-bond acceptors (Lipinski definition) is 2. The zero-order valence-corrected chi connectivity index (χ0v) is 12.2. The molecule has 0 bridgehead atoms. The molecule has 4 heterocycles. The Balaban J connectivity index is 1.63. The molecule has 0 aromatic carbocycles. The Hall–Kier alpha value is -0.610. The average Bonchev–Trinajstić information content (AvgIpc) is 3.13. The molecule has 5 unspecified atom stereocenters. The van der Waals surface area contributed by atoms with Crippen LogP contribution in [0.5, 0.6) is 0 Å². The van der Waals surface area contributed by atoms with Crippen LogP contribution >= 0.6 is 0 Å². The Bertz CT molecular complexity index is 491. The van der Waals surface area contributed by atoms with Crippen molar-refractivity contribution in [1.29, 1.82) is 0 Å². The van der Waals surface area contributed by atoms with Gasteiger partial charge >= 0.3 is 0 Å². The van der Waals surface area contributed by atoms with Gasteiger partial charge in [0.25, 0.3) is 0 Å². The van der Waals surface area contributed by atoms with Gasteiger partial charge in [0.2, 0.25) is 5.91 Å². The molecule has 5 rings (SSSR count). The van der Waals surface area contributed by atoms with Crippen molar-refractivity contribution in [3.05, 3.63) is 0 Å². The minimum absolute atomic E-state index is 0.141. The number of piperidine rings is 4. The van der Waals surface area contributed by atoms with E-state index in [4.69, 9.17) is 0 Å². The van der Waals surface area contributed by atoms with E-state index in [1.54, 1.807) is 0 Å². The first-order chi connectivity index (χ1) is 9.63. The molecule has 4 heteroatoms. The number of rotatable bonds is 0. The van der Waals surface area contributed by atoms with E-state index in [0.29, 0.717) is 22.5 Å². The standard InChI is InChI=1S/C16H25N2O2/c19-14-6-1-5-13-15-7-3-9-18(20)8-2-4-12(10-17(13)14)16(15,18)11-15/h12-13,20H,1-11H2/q+1. The summed E-state index contributed by atoms with van der Waals surface area (Å²) in [4.78, 5) is 14.6. The molecule has 4 saturated heterocycles. The van der Waals surface area contributed by atoms with Gasteiger partial charge < -0.3 is 4.90 Å². The largest absolute Gasteiger partial charge is 0.338 e. The maximum atomic E-state index is 12.4. The summed E-state index contributed by atoms with van der Waals surface area (Å²) in [5.74, 6) is 0.947. The zero-order valence-electron chi connectivity index (χ0n) is 12.2. The van der Waals surface area contributed by atoms with Gasteiger partial charge in [0.05, 0.1) is 5.41 Å². The molecular weight excluding hydrogens is 252 g/mol. The van der Waals surface area contributed by atoms with E-state index in [9.17, 15) is 10.0 Å². The number of nitrogens with zero attached hydrogens (tertiary/aromatic N) is 2. The highest BCUT2D eigenvalue weighted by molar-refractivity contribution is 5.78. The number of hydroxylamine groups is 3. The number of carbonyl (C=O) groups is 1. The van der Waals surface area contributed by atoms with E-state index in [-0.39, 0.29) is 11.0 Å². The molecule has 1 aliphatic carbocycles. The molecule has 5 aliphatic rings. The van der Waals surface area contributed by atoms with Crippen molar-refractivity contribution in [2.24, 2.45) is 11.3 Å². The third-order valence-electron chi connectivity index (χ3n) is 7.59. The molecule has 110 valence electrons. The summed E-state index contributed by atoms with van der Waals surface area (Å²) in [6.07, 6.45) is 8.93. The number of hydrogen-bond donors (Lipinski definition) is 1. The molecule has 1 spiro atoms. The maximum absolute atomic E-state index is 12.4. The van der Waals surface area contributed by atoms with E-state index in [1.807, 2.05) is 0 Å². The van der Waals surface area contributed by atoms with Crippen molar-refractivity contribution >= 4 is 5.91 Å². The predicted octanol–water partition coefficient (Wildman–Crippen LogP) is 1.92. The Morgan fingerprint density at radius 1 is 1.20 bits per heavy atom. The van der Waals surface area contributed by atoms with Crippen molar-refractivity contribution < 1.29 is 14.6 Å². The lowest BCUT2D eigenvalue weighted by Crippen LogP contribution is -2.73. The van der Waals surface area contributed by atoms with Crippen LogP contribution in [-0.2, 0) is 4.79 Å². The number of quaternary nitrogens is 1. The number of fused-ring (bicyclic) bond motifs is 1. The highest BCUT2D eigenvalue weighted by Crippen LogP contribution is 2.77. The number of amides is 1. The minimum Gasteiger partial charge on any atom is -0.338 e. The Morgan fingerprint density at radius 3 is 2.95 bits per heavy atom. The Morgan fingerprint density at radius 2 is 2.05 bits per heavy atom. The molecule has 5 atom stereocenters. The van der Waals surface area contributed by atoms with Crippen LogP contribution in [0.3, 0.4) is 0 Å². The molecular formula is C16H25N2O2+. The SMILES string of the molecule is O=C1CCCC2N1CC1CCC[N+]3(O)CCCC24CC143. The van der Waals surface area contributed by atoms with Crippen LogP contribution in [0.15, 0.2) is 0 Å². The summed E-state index contributed by atoms with van der Waals surface area (Å²) in [5.41, 5.74) is 0.418. The smallest absolute Gasteiger partial charge is 0.222 e. The van der Waals surface area contributed by atoms with Gasteiger partial charge in [-0.1, -0.05) is 0 Å². The molecule has 0 aromatic rings. The van der Waals surface area contributed by atoms with Gasteiger partial charge in [-0.3, -0.25) is 4.79 Å². The first-order valence-electron chi connectivity index (χ1n) is 8.52. The van der Waals surface area contributed by atoms with Crippen LogP contribution in [0.4, 0.5) is 0 Å². The van der Waals surface area contributed by atoms with Gasteiger partial charge in [-0.2, -0.15) is 4.65 Å². The zero-order chi connectivity index (χ0) is 13.6. The highest BCUT2D eigenvalue weighted by atomic mass is 16.6. The minimum atomic E-state index is 0.141. The second kappa shape index (κ2) is 3.41. The lowest BCUT2D eigenvalue weighted by atomic mass is 9.67. The predicted molar refractivity (Wildman–Crippen MR) is 72.9 cm³/mol. The molecule has 1 saturated carbocycles. The average molecular weight is 277 g/mol. The molecule has 1 N–H and O–H groups in total. The molecule has 0 aromatic heterocycles. The van der Waals surface area contributed by atoms with Crippen molar-refractivity contribution in [3.63, 3.8) is 0 Å². The first-order valence-corrected chi connectivity index (χ1v) is 8.52. The maximum Gasteiger partial charge on any atom is 0.222 e. The lowest BCUT2D eigenvalue weighted by Gasteiger charge is -2.58. The lowest BCUT2D eigenvalue weighted by molar-refractivity contribution is -1.14. The van der Waals surface area contributed by atoms with Crippen LogP contribution in [0.1, 0.15) is 51.4 Å². The van der Waals surface area contributed by atoms with Gasteiger partial charge in [-0.05, 0) is 25.7 Å². The molecule has 1 amide bonds. The molecule has 5 fully saturated rings. The quantitative estimate of drug-likeness (QED) is 0.687. The molecule has 4 nitrogen and oxygen atoms in total. The fourth-order valence-electron chi connectivity index (χ4n) is 6.98.